The van der Waals surface area contributed by atoms with Crippen LogP contribution in [0.1, 0.15) is 25.7 Å². The molecule has 0 unspecified atom stereocenters. The van der Waals surface area contributed by atoms with Gasteiger partial charge in [-0.25, -0.2) is 0 Å². The summed E-state index contributed by atoms with van der Waals surface area (Å²) in [7, 11) is 0. The molecule has 0 radical (unpaired) electrons. The zero-order chi connectivity index (χ0) is 7.73. The quantitative estimate of drug-likeness (QED) is 0.665. The maximum atomic E-state index is 3.59. The van der Waals surface area contributed by atoms with E-state index >= 15 is 0 Å². The van der Waals surface area contributed by atoms with E-state index in [4.69, 9.17) is 0 Å². The zero-order valence-corrected chi connectivity index (χ0v) is 8.49. The van der Waals surface area contributed by atoms with Gasteiger partial charge in [0, 0.05) is 11.9 Å². The standard InChI is InChI=1S/C9H16BrN/c10-6-8-1-2-9(5-8)3-4-11-7-9/h8,11H,1-7H2/t8-,9+/m0/s1. The molecule has 2 rings (SSSR count). The van der Waals surface area contributed by atoms with Crippen molar-refractivity contribution >= 4 is 15.9 Å². The third-order valence-corrected chi connectivity index (χ3v) is 4.27. The lowest BCUT2D eigenvalue weighted by atomic mass is 9.85. The number of rotatable bonds is 1. The van der Waals surface area contributed by atoms with Crippen molar-refractivity contribution in [2.24, 2.45) is 11.3 Å². The van der Waals surface area contributed by atoms with Crippen molar-refractivity contribution < 1.29 is 0 Å². The van der Waals surface area contributed by atoms with Crippen LogP contribution in [-0.4, -0.2) is 18.4 Å². The molecule has 0 aromatic heterocycles. The Morgan fingerprint density at radius 1 is 1.45 bits per heavy atom. The van der Waals surface area contributed by atoms with E-state index in [9.17, 15) is 0 Å². The average molecular weight is 218 g/mol. The number of alkyl halides is 1. The van der Waals surface area contributed by atoms with Gasteiger partial charge in [-0.3, -0.25) is 0 Å². The van der Waals surface area contributed by atoms with Gasteiger partial charge in [-0.05, 0) is 43.6 Å². The van der Waals surface area contributed by atoms with Crippen LogP contribution >= 0.6 is 15.9 Å². The predicted octanol–water partition coefficient (Wildman–Crippen LogP) is 2.16. The van der Waals surface area contributed by atoms with Crippen molar-refractivity contribution in [3.8, 4) is 0 Å². The maximum absolute atomic E-state index is 3.59. The Morgan fingerprint density at radius 3 is 2.91 bits per heavy atom. The molecule has 0 amide bonds. The molecule has 2 aliphatic rings. The van der Waals surface area contributed by atoms with Crippen LogP contribution in [0.15, 0.2) is 0 Å². The summed E-state index contributed by atoms with van der Waals surface area (Å²) in [5.41, 5.74) is 0.721. The van der Waals surface area contributed by atoms with E-state index in [1.165, 1.54) is 44.1 Å². The Morgan fingerprint density at radius 2 is 2.36 bits per heavy atom. The highest BCUT2D eigenvalue weighted by molar-refractivity contribution is 9.09. The first kappa shape index (κ1) is 8.06. The summed E-state index contributed by atoms with van der Waals surface area (Å²) < 4.78 is 0. The smallest absolute Gasteiger partial charge is 0.00598 e. The Balaban J connectivity index is 1.96. The summed E-state index contributed by atoms with van der Waals surface area (Å²) >= 11 is 3.59. The molecule has 0 aromatic carbocycles. The lowest BCUT2D eigenvalue weighted by Gasteiger charge is -2.21. The van der Waals surface area contributed by atoms with Crippen molar-refractivity contribution in [1.82, 2.24) is 5.32 Å². The maximum Gasteiger partial charge on any atom is 0.00598 e. The van der Waals surface area contributed by atoms with Crippen LogP contribution in [0.2, 0.25) is 0 Å². The minimum Gasteiger partial charge on any atom is -0.316 e. The first-order chi connectivity index (χ1) is 5.35. The van der Waals surface area contributed by atoms with Crippen molar-refractivity contribution in [1.29, 1.82) is 0 Å². The first-order valence-electron chi connectivity index (χ1n) is 4.61. The number of hydrogen-bond donors (Lipinski definition) is 1. The second-order valence-corrected chi connectivity index (χ2v) is 4.84. The second kappa shape index (κ2) is 3.06. The fourth-order valence-electron chi connectivity index (χ4n) is 2.64. The molecule has 0 aromatic rings. The van der Waals surface area contributed by atoms with Crippen molar-refractivity contribution in [2.45, 2.75) is 25.7 Å². The molecule has 2 heteroatoms. The average Bonchev–Trinajstić information content (AvgIpc) is 2.62. The van der Waals surface area contributed by atoms with Crippen LogP contribution in [-0.2, 0) is 0 Å². The molecule has 1 nitrogen and oxygen atoms in total. The molecular formula is C9H16BrN. The van der Waals surface area contributed by atoms with Crippen LogP contribution < -0.4 is 5.32 Å². The van der Waals surface area contributed by atoms with Crippen LogP contribution in [0.3, 0.4) is 0 Å². The molecule has 2 atom stereocenters. The second-order valence-electron chi connectivity index (χ2n) is 4.19. The Kier molecular flexibility index (Phi) is 2.24. The highest BCUT2D eigenvalue weighted by Crippen LogP contribution is 2.46. The van der Waals surface area contributed by atoms with Crippen LogP contribution in [0, 0.1) is 11.3 Å². The van der Waals surface area contributed by atoms with Crippen molar-refractivity contribution in [3.63, 3.8) is 0 Å². The van der Waals surface area contributed by atoms with Gasteiger partial charge in [0.15, 0.2) is 0 Å². The van der Waals surface area contributed by atoms with E-state index in [-0.39, 0.29) is 0 Å². The van der Waals surface area contributed by atoms with E-state index in [2.05, 4.69) is 21.2 Å². The summed E-state index contributed by atoms with van der Waals surface area (Å²) in [6, 6.07) is 0. The molecule has 1 heterocycles. The molecule has 2 fully saturated rings. The molecule has 1 saturated carbocycles. The summed E-state index contributed by atoms with van der Waals surface area (Å²) in [6.07, 6.45) is 5.81. The Hall–Kier alpha value is 0.440. The molecule has 1 N–H and O–H groups in total. The lowest BCUT2D eigenvalue weighted by Crippen LogP contribution is -2.20. The zero-order valence-electron chi connectivity index (χ0n) is 6.91. The fourth-order valence-corrected chi connectivity index (χ4v) is 3.19. The molecule has 1 aliphatic heterocycles. The Bertz CT molecular complexity index is 140. The van der Waals surface area contributed by atoms with Gasteiger partial charge < -0.3 is 5.32 Å². The molecule has 11 heavy (non-hydrogen) atoms. The molecule has 64 valence electrons. The number of hydrogen-bond acceptors (Lipinski definition) is 1. The van der Waals surface area contributed by atoms with Crippen molar-refractivity contribution in [2.75, 3.05) is 18.4 Å². The van der Waals surface area contributed by atoms with Gasteiger partial charge in [-0.2, -0.15) is 0 Å². The monoisotopic (exact) mass is 217 g/mol. The highest BCUT2D eigenvalue weighted by atomic mass is 79.9. The van der Waals surface area contributed by atoms with Gasteiger partial charge in [0.25, 0.3) is 0 Å². The van der Waals surface area contributed by atoms with E-state index < -0.39 is 0 Å². The summed E-state index contributed by atoms with van der Waals surface area (Å²) in [5, 5.41) is 4.70. The lowest BCUT2D eigenvalue weighted by molar-refractivity contribution is 0.325. The van der Waals surface area contributed by atoms with E-state index in [0.29, 0.717) is 0 Å². The minimum absolute atomic E-state index is 0.721. The number of nitrogens with one attached hydrogen (secondary N) is 1. The van der Waals surface area contributed by atoms with Gasteiger partial charge >= 0.3 is 0 Å². The van der Waals surface area contributed by atoms with Gasteiger partial charge in [0.2, 0.25) is 0 Å². The highest BCUT2D eigenvalue weighted by Gasteiger charge is 2.40. The third-order valence-electron chi connectivity index (χ3n) is 3.35. The fraction of sp³-hybridized carbons (Fsp3) is 1.00. The normalized spacial score (nSPS) is 43.9. The van der Waals surface area contributed by atoms with Crippen LogP contribution in [0.25, 0.3) is 0 Å². The third kappa shape index (κ3) is 1.48. The summed E-state index contributed by atoms with van der Waals surface area (Å²) in [4.78, 5) is 0. The van der Waals surface area contributed by atoms with Gasteiger partial charge in [-0.15, -0.1) is 0 Å². The van der Waals surface area contributed by atoms with E-state index in [0.717, 1.165) is 11.3 Å². The van der Waals surface area contributed by atoms with Crippen LogP contribution in [0.5, 0.6) is 0 Å². The molecule has 1 aliphatic carbocycles. The largest absolute Gasteiger partial charge is 0.316 e. The topological polar surface area (TPSA) is 12.0 Å². The van der Waals surface area contributed by atoms with Gasteiger partial charge in [0.1, 0.15) is 0 Å². The molecule has 1 saturated heterocycles. The van der Waals surface area contributed by atoms with Gasteiger partial charge in [0.05, 0.1) is 0 Å². The molecule has 0 bridgehead atoms. The van der Waals surface area contributed by atoms with Crippen LogP contribution in [0.4, 0.5) is 0 Å². The predicted molar refractivity (Wildman–Crippen MR) is 51.1 cm³/mol. The SMILES string of the molecule is BrC[C@H]1CC[C@@]2(CCNC2)C1. The first-order valence-corrected chi connectivity index (χ1v) is 5.73. The minimum atomic E-state index is 0.721. The summed E-state index contributed by atoms with van der Waals surface area (Å²) in [5.74, 6) is 0.967. The van der Waals surface area contributed by atoms with Gasteiger partial charge in [-0.1, -0.05) is 15.9 Å². The Labute approximate surface area is 77.1 Å². The number of halogens is 1. The van der Waals surface area contributed by atoms with E-state index in [1.54, 1.807) is 0 Å². The summed E-state index contributed by atoms with van der Waals surface area (Å²) in [6.45, 7) is 2.55. The van der Waals surface area contributed by atoms with Crippen molar-refractivity contribution in [3.05, 3.63) is 0 Å². The molecular weight excluding hydrogens is 202 g/mol. The van der Waals surface area contributed by atoms with E-state index in [1.807, 2.05) is 0 Å². The molecule has 1 spiro atoms.